The molecule has 21 heavy (non-hydrogen) atoms. The minimum absolute atomic E-state index is 0.185. The first kappa shape index (κ1) is 14.0. The monoisotopic (exact) mass is 354 g/mol. The molecule has 0 aliphatic carbocycles. The van der Waals surface area contributed by atoms with Crippen LogP contribution in [0.15, 0.2) is 29.1 Å². The van der Waals surface area contributed by atoms with Gasteiger partial charge < -0.3 is 19.6 Å². The molecule has 1 unspecified atom stereocenters. The van der Waals surface area contributed by atoms with Gasteiger partial charge in [-0.1, -0.05) is 6.07 Å². The molecule has 0 bridgehead atoms. The standard InChI is InChI=1S/C12H11BrN4O4/c13-10-2-1-8(3-14-10)6-20-9-4-16-5-11(17(18)19)15-12(16)21-7-9/h1-3,5,9H,4,6-7H2. The number of fused-ring (bicyclic) bond motifs is 1. The van der Waals surface area contributed by atoms with Gasteiger partial charge in [0.05, 0.1) is 13.2 Å². The van der Waals surface area contributed by atoms with Crippen molar-refractivity contribution in [2.45, 2.75) is 19.3 Å². The highest BCUT2D eigenvalue weighted by atomic mass is 79.9. The number of hydrogen-bond acceptors (Lipinski definition) is 6. The molecule has 110 valence electrons. The van der Waals surface area contributed by atoms with Gasteiger partial charge in [0.1, 0.15) is 23.5 Å². The van der Waals surface area contributed by atoms with Crippen LogP contribution in [0.5, 0.6) is 6.01 Å². The Bertz CT molecular complexity index is 658. The fraction of sp³-hybridized carbons (Fsp3) is 0.333. The van der Waals surface area contributed by atoms with E-state index in [0.717, 1.165) is 10.2 Å². The van der Waals surface area contributed by atoms with Crippen molar-refractivity contribution in [3.05, 3.63) is 44.8 Å². The molecule has 2 aromatic heterocycles. The number of pyridine rings is 1. The molecule has 1 atom stereocenters. The van der Waals surface area contributed by atoms with Crippen molar-refractivity contribution in [3.63, 3.8) is 0 Å². The quantitative estimate of drug-likeness (QED) is 0.473. The SMILES string of the molecule is O=[N+]([O-])c1cn2c(n1)OCC(OCc1ccc(Br)nc1)C2. The summed E-state index contributed by atoms with van der Waals surface area (Å²) in [5.41, 5.74) is 0.945. The van der Waals surface area contributed by atoms with Crippen LogP contribution in [0, 0.1) is 10.1 Å². The number of imidazole rings is 1. The van der Waals surface area contributed by atoms with Gasteiger partial charge in [-0.25, -0.2) is 4.98 Å². The molecule has 0 radical (unpaired) electrons. The van der Waals surface area contributed by atoms with E-state index in [0.29, 0.717) is 19.8 Å². The number of aromatic nitrogens is 3. The van der Waals surface area contributed by atoms with Gasteiger partial charge in [-0.2, -0.15) is 0 Å². The van der Waals surface area contributed by atoms with Crippen molar-refractivity contribution in [2.24, 2.45) is 0 Å². The number of ether oxygens (including phenoxy) is 2. The predicted octanol–water partition coefficient (Wildman–Crippen LogP) is 1.93. The second-order valence-corrected chi connectivity index (χ2v) is 5.34. The molecule has 3 rings (SSSR count). The molecule has 0 N–H and O–H groups in total. The zero-order valence-electron chi connectivity index (χ0n) is 10.8. The third kappa shape index (κ3) is 3.19. The molecular weight excluding hydrogens is 344 g/mol. The predicted molar refractivity (Wildman–Crippen MR) is 74.9 cm³/mol. The van der Waals surface area contributed by atoms with Crippen molar-refractivity contribution < 1.29 is 14.4 Å². The molecule has 1 aliphatic rings. The molecule has 0 spiro atoms. The lowest BCUT2D eigenvalue weighted by atomic mass is 10.3. The van der Waals surface area contributed by atoms with E-state index in [1.54, 1.807) is 10.8 Å². The van der Waals surface area contributed by atoms with Crippen molar-refractivity contribution in [3.8, 4) is 6.01 Å². The van der Waals surface area contributed by atoms with Crippen LogP contribution in [0.2, 0.25) is 0 Å². The van der Waals surface area contributed by atoms with E-state index in [9.17, 15) is 10.1 Å². The maximum absolute atomic E-state index is 10.7. The lowest BCUT2D eigenvalue weighted by molar-refractivity contribution is -0.389. The molecule has 0 amide bonds. The zero-order valence-corrected chi connectivity index (χ0v) is 12.4. The maximum atomic E-state index is 10.7. The van der Waals surface area contributed by atoms with Crippen LogP contribution in [0.4, 0.5) is 5.82 Å². The second-order valence-electron chi connectivity index (χ2n) is 4.52. The van der Waals surface area contributed by atoms with Gasteiger partial charge in [-0.05, 0) is 32.5 Å². The van der Waals surface area contributed by atoms with Crippen LogP contribution in [0.25, 0.3) is 0 Å². The van der Waals surface area contributed by atoms with Gasteiger partial charge in [0.15, 0.2) is 0 Å². The van der Waals surface area contributed by atoms with E-state index >= 15 is 0 Å². The van der Waals surface area contributed by atoms with E-state index < -0.39 is 4.92 Å². The zero-order chi connectivity index (χ0) is 14.8. The summed E-state index contributed by atoms with van der Waals surface area (Å²) in [5, 5.41) is 10.7. The Hall–Kier alpha value is -2.00. The van der Waals surface area contributed by atoms with Gasteiger partial charge in [0, 0.05) is 11.2 Å². The number of nitrogens with zero attached hydrogens (tertiary/aromatic N) is 4. The third-order valence-electron chi connectivity index (χ3n) is 2.99. The Balaban J connectivity index is 1.61. The topological polar surface area (TPSA) is 92.3 Å². The Morgan fingerprint density at radius 1 is 1.57 bits per heavy atom. The minimum atomic E-state index is -0.544. The Kier molecular flexibility index (Phi) is 3.84. The highest BCUT2D eigenvalue weighted by Gasteiger charge is 2.28. The smallest absolute Gasteiger partial charge is 0.414 e. The summed E-state index contributed by atoms with van der Waals surface area (Å²) in [5.74, 6) is -0.220. The first-order valence-corrected chi connectivity index (χ1v) is 6.97. The summed E-state index contributed by atoms with van der Waals surface area (Å²) in [7, 11) is 0. The Morgan fingerprint density at radius 3 is 3.14 bits per heavy atom. The average Bonchev–Trinajstić information content (AvgIpc) is 2.90. The van der Waals surface area contributed by atoms with Crippen LogP contribution in [0.3, 0.4) is 0 Å². The lowest BCUT2D eigenvalue weighted by Crippen LogP contribution is -2.32. The fourth-order valence-corrected chi connectivity index (χ4v) is 2.20. The molecule has 0 saturated carbocycles. The van der Waals surface area contributed by atoms with Crippen molar-refractivity contribution >= 4 is 21.7 Å². The summed E-state index contributed by atoms with van der Waals surface area (Å²) < 4.78 is 13.5. The van der Waals surface area contributed by atoms with Gasteiger partial charge >= 0.3 is 11.8 Å². The Morgan fingerprint density at radius 2 is 2.43 bits per heavy atom. The highest BCUT2D eigenvalue weighted by Crippen LogP contribution is 2.22. The van der Waals surface area contributed by atoms with Crippen LogP contribution in [-0.2, 0) is 17.9 Å². The molecule has 0 aromatic carbocycles. The van der Waals surface area contributed by atoms with Crippen LogP contribution in [0.1, 0.15) is 5.56 Å². The molecule has 3 heterocycles. The van der Waals surface area contributed by atoms with E-state index in [1.807, 2.05) is 12.1 Å². The minimum Gasteiger partial charge on any atom is -0.443 e. The van der Waals surface area contributed by atoms with Gasteiger partial charge in [-0.15, -0.1) is 0 Å². The summed E-state index contributed by atoms with van der Waals surface area (Å²) in [6.45, 7) is 1.19. The number of hydrogen-bond donors (Lipinski definition) is 0. The van der Waals surface area contributed by atoms with E-state index in [4.69, 9.17) is 9.47 Å². The van der Waals surface area contributed by atoms with E-state index in [-0.39, 0.29) is 17.9 Å². The lowest BCUT2D eigenvalue weighted by Gasteiger charge is -2.22. The second kappa shape index (κ2) is 5.78. The summed E-state index contributed by atoms with van der Waals surface area (Å²) >= 11 is 3.27. The van der Waals surface area contributed by atoms with Crippen LogP contribution < -0.4 is 4.74 Å². The van der Waals surface area contributed by atoms with E-state index in [1.165, 1.54) is 6.20 Å². The molecule has 0 fully saturated rings. The highest BCUT2D eigenvalue weighted by molar-refractivity contribution is 9.10. The fourth-order valence-electron chi connectivity index (χ4n) is 1.97. The summed E-state index contributed by atoms with van der Waals surface area (Å²) in [4.78, 5) is 18.0. The summed E-state index contributed by atoms with van der Waals surface area (Å²) in [6, 6.07) is 4.01. The van der Waals surface area contributed by atoms with Crippen molar-refractivity contribution in [1.82, 2.24) is 14.5 Å². The van der Waals surface area contributed by atoms with Crippen LogP contribution >= 0.6 is 15.9 Å². The van der Waals surface area contributed by atoms with Gasteiger partial charge in [0.2, 0.25) is 0 Å². The molecule has 9 heteroatoms. The maximum Gasteiger partial charge on any atom is 0.414 e. The average molecular weight is 355 g/mol. The van der Waals surface area contributed by atoms with E-state index in [2.05, 4.69) is 25.9 Å². The Labute approximate surface area is 128 Å². The normalized spacial score (nSPS) is 17.1. The molecule has 1 aliphatic heterocycles. The van der Waals surface area contributed by atoms with Gasteiger partial charge in [0.25, 0.3) is 0 Å². The summed E-state index contributed by atoms with van der Waals surface area (Å²) in [6.07, 6.45) is 2.89. The van der Waals surface area contributed by atoms with Gasteiger partial charge in [-0.3, -0.25) is 4.57 Å². The molecule has 0 saturated heterocycles. The van der Waals surface area contributed by atoms with Crippen LogP contribution in [-0.4, -0.2) is 32.2 Å². The number of rotatable bonds is 4. The number of halogens is 1. The van der Waals surface area contributed by atoms with Crippen molar-refractivity contribution in [1.29, 1.82) is 0 Å². The first-order valence-electron chi connectivity index (χ1n) is 6.18. The molecule has 8 nitrogen and oxygen atoms in total. The molecular formula is C12H11BrN4O4. The first-order chi connectivity index (χ1) is 10.1. The molecule has 2 aromatic rings. The largest absolute Gasteiger partial charge is 0.443 e. The number of nitro groups is 1. The third-order valence-corrected chi connectivity index (χ3v) is 3.46. The van der Waals surface area contributed by atoms with Crippen molar-refractivity contribution in [2.75, 3.05) is 6.61 Å².